The van der Waals surface area contributed by atoms with E-state index >= 15 is 0 Å². The van der Waals surface area contributed by atoms with E-state index in [1.54, 1.807) is 19.5 Å². The van der Waals surface area contributed by atoms with Crippen molar-refractivity contribution in [3.8, 4) is 17.1 Å². The van der Waals surface area contributed by atoms with E-state index in [0.29, 0.717) is 6.54 Å². The van der Waals surface area contributed by atoms with Gasteiger partial charge in [-0.3, -0.25) is 9.78 Å². The molecule has 1 N–H and O–H groups in total. The van der Waals surface area contributed by atoms with Gasteiger partial charge in [0.1, 0.15) is 5.75 Å². The first-order valence-corrected chi connectivity index (χ1v) is 10.1. The average Bonchev–Trinajstić information content (AvgIpc) is 3.14. The highest BCUT2D eigenvalue weighted by atomic mass is 32.2. The number of pyridine rings is 1. The van der Waals surface area contributed by atoms with Gasteiger partial charge in [-0.15, -0.1) is 10.2 Å². The van der Waals surface area contributed by atoms with E-state index in [4.69, 9.17) is 4.74 Å². The predicted molar refractivity (Wildman–Crippen MR) is 109 cm³/mol. The van der Waals surface area contributed by atoms with Crippen molar-refractivity contribution in [1.82, 2.24) is 25.1 Å². The molecule has 8 heteroatoms. The van der Waals surface area contributed by atoms with Gasteiger partial charge in [-0.2, -0.15) is 0 Å². The maximum Gasteiger partial charge on any atom is 0.230 e. The van der Waals surface area contributed by atoms with Gasteiger partial charge in [0.2, 0.25) is 5.91 Å². The summed E-state index contributed by atoms with van der Waals surface area (Å²) in [5.74, 6) is 1.80. The third kappa shape index (κ3) is 5.10. The lowest BCUT2D eigenvalue weighted by Crippen LogP contribution is -2.24. The Morgan fingerprint density at radius 2 is 2.04 bits per heavy atom. The van der Waals surface area contributed by atoms with Crippen LogP contribution in [0.25, 0.3) is 11.4 Å². The molecule has 0 fully saturated rings. The number of rotatable bonds is 9. The number of aromatic nitrogens is 4. The fourth-order valence-electron chi connectivity index (χ4n) is 2.70. The molecule has 0 saturated heterocycles. The molecule has 28 heavy (non-hydrogen) atoms. The van der Waals surface area contributed by atoms with Gasteiger partial charge in [0.15, 0.2) is 11.0 Å². The van der Waals surface area contributed by atoms with Crippen molar-refractivity contribution in [2.24, 2.45) is 0 Å². The van der Waals surface area contributed by atoms with E-state index in [-0.39, 0.29) is 11.7 Å². The molecule has 0 spiro atoms. The Morgan fingerprint density at radius 3 is 2.79 bits per heavy atom. The first kappa shape index (κ1) is 19.9. The van der Waals surface area contributed by atoms with Gasteiger partial charge in [-0.05, 0) is 36.2 Å². The van der Waals surface area contributed by atoms with Crippen LogP contribution in [-0.4, -0.2) is 38.5 Å². The van der Waals surface area contributed by atoms with E-state index in [9.17, 15) is 4.79 Å². The molecule has 0 aliphatic rings. The van der Waals surface area contributed by atoms with Gasteiger partial charge in [0, 0.05) is 31.0 Å². The molecule has 0 bridgehead atoms. The summed E-state index contributed by atoms with van der Waals surface area (Å²) < 4.78 is 7.25. The fourth-order valence-corrected chi connectivity index (χ4v) is 3.49. The van der Waals surface area contributed by atoms with Crippen molar-refractivity contribution in [3.63, 3.8) is 0 Å². The molecular weight excluding hydrogens is 374 g/mol. The molecule has 2 heterocycles. The summed E-state index contributed by atoms with van der Waals surface area (Å²) in [5.41, 5.74) is 1.96. The van der Waals surface area contributed by atoms with Gasteiger partial charge >= 0.3 is 0 Å². The van der Waals surface area contributed by atoms with Crippen LogP contribution in [0.3, 0.4) is 0 Å². The number of hydrogen-bond donors (Lipinski definition) is 1. The molecule has 0 radical (unpaired) electrons. The monoisotopic (exact) mass is 397 g/mol. The van der Waals surface area contributed by atoms with Crippen LogP contribution in [0.4, 0.5) is 0 Å². The summed E-state index contributed by atoms with van der Waals surface area (Å²) in [6.07, 6.45) is 4.42. The van der Waals surface area contributed by atoms with Gasteiger partial charge in [-0.1, -0.05) is 30.8 Å². The van der Waals surface area contributed by atoms with E-state index in [1.165, 1.54) is 11.8 Å². The zero-order chi connectivity index (χ0) is 19.8. The van der Waals surface area contributed by atoms with Crippen LogP contribution >= 0.6 is 11.8 Å². The number of ether oxygens (including phenoxy) is 1. The average molecular weight is 398 g/mol. The molecule has 2 aromatic heterocycles. The summed E-state index contributed by atoms with van der Waals surface area (Å²) >= 11 is 1.39. The summed E-state index contributed by atoms with van der Waals surface area (Å²) in [6, 6.07) is 11.5. The Balaban J connectivity index is 1.60. The summed E-state index contributed by atoms with van der Waals surface area (Å²) in [7, 11) is 1.63. The highest BCUT2D eigenvalue weighted by Crippen LogP contribution is 2.24. The Kier molecular flexibility index (Phi) is 7.02. The number of nitrogens with one attached hydrogen (secondary N) is 1. The number of hydrogen-bond acceptors (Lipinski definition) is 6. The van der Waals surface area contributed by atoms with Crippen LogP contribution in [0.2, 0.25) is 0 Å². The second-order valence-corrected chi connectivity index (χ2v) is 7.05. The second-order valence-electron chi connectivity index (χ2n) is 6.11. The maximum atomic E-state index is 12.3. The molecule has 7 nitrogen and oxygen atoms in total. The smallest absolute Gasteiger partial charge is 0.230 e. The van der Waals surface area contributed by atoms with Crippen molar-refractivity contribution in [2.75, 3.05) is 12.9 Å². The molecule has 0 saturated carbocycles. The molecule has 3 aromatic rings. The fraction of sp³-hybridized carbons (Fsp3) is 0.300. The van der Waals surface area contributed by atoms with Crippen LogP contribution in [0.1, 0.15) is 18.9 Å². The van der Waals surface area contributed by atoms with Crippen molar-refractivity contribution in [1.29, 1.82) is 0 Å². The number of benzene rings is 1. The van der Waals surface area contributed by atoms with Gasteiger partial charge in [-0.25, -0.2) is 0 Å². The Morgan fingerprint density at radius 1 is 1.21 bits per heavy atom. The summed E-state index contributed by atoms with van der Waals surface area (Å²) in [4.78, 5) is 16.3. The molecule has 1 amide bonds. The first-order valence-electron chi connectivity index (χ1n) is 9.07. The van der Waals surface area contributed by atoms with Gasteiger partial charge in [0.25, 0.3) is 0 Å². The molecular formula is C20H23N5O2S. The van der Waals surface area contributed by atoms with Crippen molar-refractivity contribution in [2.45, 2.75) is 31.6 Å². The lowest BCUT2D eigenvalue weighted by Gasteiger charge is -2.09. The normalized spacial score (nSPS) is 10.6. The van der Waals surface area contributed by atoms with Gasteiger partial charge < -0.3 is 14.6 Å². The number of nitrogens with zero attached hydrogens (tertiary/aromatic N) is 4. The first-order chi connectivity index (χ1) is 13.7. The largest absolute Gasteiger partial charge is 0.497 e. The minimum Gasteiger partial charge on any atom is -0.497 e. The number of carbonyl (C=O) groups excluding carboxylic acids is 1. The summed E-state index contributed by atoms with van der Waals surface area (Å²) in [5, 5.41) is 12.3. The standard InChI is InChI=1S/C20H23N5O2S/c1-3-11-25-19(16-7-9-21-10-8-16)23-24-20(25)28-14-18(26)22-13-15-5-4-6-17(12-15)27-2/h4-10,12H,3,11,13-14H2,1-2H3,(H,22,26). The number of carbonyl (C=O) groups is 1. The van der Waals surface area contributed by atoms with E-state index in [0.717, 1.165) is 40.8 Å². The zero-order valence-electron chi connectivity index (χ0n) is 16.0. The minimum absolute atomic E-state index is 0.0515. The topological polar surface area (TPSA) is 81.9 Å². The Bertz CT molecular complexity index is 914. The van der Waals surface area contributed by atoms with Gasteiger partial charge in [0.05, 0.1) is 12.9 Å². The summed E-state index contributed by atoms with van der Waals surface area (Å²) in [6.45, 7) is 3.35. The number of methoxy groups -OCH3 is 1. The number of thioether (sulfide) groups is 1. The highest BCUT2D eigenvalue weighted by Gasteiger charge is 2.15. The Labute approximate surface area is 168 Å². The predicted octanol–water partition coefficient (Wildman–Crippen LogP) is 3.17. The van der Waals surface area contributed by atoms with E-state index in [2.05, 4.69) is 32.0 Å². The van der Waals surface area contributed by atoms with Crippen molar-refractivity contribution in [3.05, 3.63) is 54.4 Å². The zero-order valence-corrected chi connectivity index (χ0v) is 16.8. The van der Waals surface area contributed by atoms with Crippen LogP contribution < -0.4 is 10.1 Å². The van der Waals surface area contributed by atoms with Crippen LogP contribution in [0.5, 0.6) is 5.75 Å². The molecule has 146 valence electrons. The van der Waals surface area contributed by atoms with E-state index < -0.39 is 0 Å². The molecule has 0 atom stereocenters. The lowest BCUT2D eigenvalue weighted by atomic mass is 10.2. The maximum absolute atomic E-state index is 12.3. The Hall–Kier alpha value is -2.87. The number of amides is 1. The lowest BCUT2D eigenvalue weighted by molar-refractivity contribution is -0.118. The second kappa shape index (κ2) is 9.89. The van der Waals surface area contributed by atoms with Crippen LogP contribution in [0, 0.1) is 0 Å². The molecule has 0 aliphatic heterocycles. The molecule has 3 rings (SSSR count). The SMILES string of the molecule is CCCn1c(SCC(=O)NCc2cccc(OC)c2)nnc1-c1ccncc1. The molecule has 0 unspecified atom stereocenters. The van der Waals surface area contributed by atoms with Crippen molar-refractivity contribution >= 4 is 17.7 Å². The van der Waals surface area contributed by atoms with Crippen LogP contribution in [-0.2, 0) is 17.9 Å². The van der Waals surface area contributed by atoms with Crippen molar-refractivity contribution < 1.29 is 9.53 Å². The minimum atomic E-state index is -0.0515. The highest BCUT2D eigenvalue weighted by molar-refractivity contribution is 7.99. The molecule has 1 aromatic carbocycles. The third-order valence-corrected chi connectivity index (χ3v) is 5.03. The third-order valence-electron chi connectivity index (χ3n) is 4.06. The van der Waals surface area contributed by atoms with Crippen LogP contribution in [0.15, 0.2) is 53.9 Å². The van der Waals surface area contributed by atoms with E-state index in [1.807, 2.05) is 36.4 Å². The molecule has 0 aliphatic carbocycles. The quantitative estimate of drug-likeness (QED) is 0.559.